The van der Waals surface area contributed by atoms with Crippen molar-refractivity contribution < 1.29 is 14.3 Å². The van der Waals surface area contributed by atoms with Crippen LogP contribution in [0, 0.1) is 6.92 Å². The van der Waals surface area contributed by atoms with Crippen molar-refractivity contribution in [3.63, 3.8) is 0 Å². The van der Waals surface area contributed by atoms with E-state index in [1.807, 2.05) is 19.1 Å². The van der Waals surface area contributed by atoms with Gasteiger partial charge in [0.15, 0.2) is 0 Å². The number of esters is 1. The quantitative estimate of drug-likeness (QED) is 0.298. The molecule has 140 valence electrons. The number of halogens is 1. The number of hydrogen-bond donors (Lipinski definition) is 1. The predicted molar refractivity (Wildman–Crippen MR) is 109 cm³/mol. The van der Waals surface area contributed by atoms with E-state index in [1.54, 1.807) is 60.7 Å². The second-order valence-electron chi connectivity index (χ2n) is 6.03. The summed E-state index contributed by atoms with van der Waals surface area (Å²) in [7, 11) is 0. The molecule has 3 aromatic carbocycles. The van der Waals surface area contributed by atoms with E-state index in [-0.39, 0.29) is 5.91 Å². The molecule has 0 aliphatic rings. The lowest BCUT2D eigenvalue weighted by molar-refractivity contribution is 0.0734. The summed E-state index contributed by atoms with van der Waals surface area (Å²) in [5, 5.41) is 4.49. The molecule has 1 amide bonds. The number of aryl methyl sites for hydroxylation is 1. The molecule has 0 spiro atoms. The summed E-state index contributed by atoms with van der Waals surface area (Å²) >= 11 is 5.81. The lowest BCUT2D eigenvalue weighted by atomic mass is 10.1. The molecule has 28 heavy (non-hydrogen) atoms. The Bertz CT molecular complexity index is 995. The number of rotatable bonds is 5. The number of hydrazone groups is 1. The average Bonchev–Trinajstić information content (AvgIpc) is 2.70. The monoisotopic (exact) mass is 392 g/mol. The second kappa shape index (κ2) is 8.97. The first kappa shape index (κ1) is 19.3. The van der Waals surface area contributed by atoms with Crippen molar-refractivity contribution in [3.05, 3.63) is 100 Å². The minimum atomic E-state index is -0.469. The highest BCUT2D eigenvalue weighted by molar-refractivity contribution is 6.30. The third kappa shape index (κ3) is 5.28. The summed E-state index contributed by atoms with van der Waals surface area (Å²) in [6, 6.07) is 20.4. The van der Waals surface area contributed by atoms with Gasteiger partial charge >= 0.3 is 5.97 Å². The van der Waals surface area contributed by atoms with Crippen LogP contribution in [0.25, 0.3) is 0 Å². The molecule has 0 bridgehead atoms. The molecule has 0 saturated carbocycles. The number of carbonyl (C=O) groups excluding carboxylic acids is 2. The van der Waals surface area contributed by atoms with E-state index in [0.29, 0.717) is 21.9 Å². The highest BCUT2D eigenvalue weighted by Crippen LogP contribution is 2.15. The third-order valence-corrected chi connectivity index (χ3v) is 4.12. The van der Waals surface area contributed by atoms with Gasteiger partial charge in [0.1, 0.15) is 5.75 Å². The van der Waals surface area contributed by atoms with Gasteiger partial charge in [0, 0.05) is 10.6 Å². The van der Waals surface area contributed by atoms with Crippen LogP contribution in [0.3, 0.4) is 0 Å². The number of carbonyl (C=O) groups is 2. The zero-order chi connectivity index (χ0) is 19.9. The van der Waals surface area contributed by atoms with Crippen molar-refractivity contribution >= 4 is 29.7 Å². The molecule has 0 aromatic heterocycles. The van der Waals surface area contributed by atoms with E-state index >= 15 is 0 Å². The zero-order valence-electron chi connectivity index (χ0n) is 15.1. The smallest absolute Gasteiger partial charge is 0.343 e. The highest BCUT2D eigenvalue weighted by atomic mass is 35.5. The minimum absolute atomic E-state index is 0.287. The maximum absolute atomic E-state index is 12.1. The average molecular weight is 393 g/mol. The molecule has 5 nitrogen and oxygen atoms in total. The number of hydrogen-bond acceptors (Lipinski definition) is 4. The standard InChI is InChI=1S/C22H17ClN2O3/c1-15-2-6-17(7-3-15)21(26)25-24-14-16-4-12-20(13-5-16)28-22(27)18-8-10-19(23)11-9-18/h2-14H,1H3,(H,25,26)/b24-14+. The molecule has 6 heteroatoms. The van der Waals surface area contributed by atoms with E-state index in [0.717, 1.165) is 11.1 Å². The summed E-state index contributed by atoms with van der Waals surface area (Å²) < 4.78 is 5.31. The molecule has 0 unspecified atom stereocenters. The molecule has 0 saturated heterocycles. The molecular formula is C22H17ClN2O3. The van der Waals surface area contributed by atoms with E-state index < -0.39 is 5.97 Å². The maximum atomic E-state index is 12.1. The van der Waals surface area contributed by atoms with Crippen molar-refractivity contribution in [2.24, 2.45) is 5.10 Å². The Kier molecular flexibility index (Phi) is 6.19. The first-order chi connectivity index (χ1) is 13.5. The number of ether oxygens (including phenoxy) is 1. The van der Waals surface area contributed by atoms with Crippen LogP contribution in [0.5, 0.6) is 5.75 Å². The van der Waals surface area contributed by atoms with Crippen LogP contribution in [-0.4, -0.2) is 18.1 Å². The molecule has 0 fully saturated rings. The number of amides is 1. The van der Waals surface area contributed by atoms with E-state index in [2.05, 4.69) is 10.5 Å². The van der Waals surface area contributed by atoms with Gasteiger partial charge < -0.3 is 4.74 Å². The van der Waals surface area contributed by atoms with Gasteiger partial charge in [-0.2, -0.15) is 5.10 Å². The topological polar surface area (TPSA) is 67.8 Å². The molecule has 0 aliphatic carbocycles. The number of benzene rings is 3. The Labute approximate surface area is 167 Å². The van der Waals surface area contributed by atoms with Gasteiger partial charge in [0.25, 0.3) is 5.91 Å². The Morgan fingerprint density at radius 3 is 2.14 bits per heavy atom. The fraction of sp³-hybridized carbons (Fsp3) is 0.0455. The van der Waals surface area contributed by atoms with Crippen LogP contribution < -0.4 is 10.2 Å². The van der Waals surface area contributed by atoms with Gasteiger partial charge in [-0.1, -0.05) is 29.3 Å². The van der Waals surface area contributed by atoms with Crippen LogP contribution in [-0.2, 0) is 0 Å². The molecular weight excluding hydrogens is 376 g/mol. The molecule has 3 rings (SSSR count). The first-order valence-corrected chi connectivity index (χ1v) is 8.87. The van der Waals surface area contributed by atoms with Crippen molar-refractivity contribution in [1.29, 1.82) is 0 Å². The van der Waals surface area contributed by atoms with Gasteiger partial charge in [-0.25, -0.2) is 10.2 Å². The summed E-state index contributed by atoms with van der Waals surface area (Å²) in [5.74, 6) is -0.353. The van der Waals surface area contributed by atoms with Gasteiger partial charge in [0.2, 0.25) is 0 Å². The number of nitrogens with zero attached hydrogens (tertiary/aromatic N) is 1. The lowest BCUT2D eigenvalue weighted by Crippen LogP contribution is -2.17. The van der Waals surface area contributed by atoms with Crippen LogP contribution in [0.1, 0.15) is 31.8 Å². The van der Waals surface area contributed by atoms with Gasteiger partial charge in [-0.05, 0) is 73.2 Å². The van der Waals surface area contributed by atoms with Crippen molar-refractivity contribution in [1.82, 2.24) is 5.43 Å². The molecule has 0 radical (unpaired) electrons. The molecule has 0 atom stereocenters. The fourth-order valence-electron chi connectivity index (χ4n) is 2.31. The second-order valence-corrected chi connectivity index (χ2v) is 6.47. The van der Waals surface area contributed by atoms with E-state index in [4.69, 9.17) is 16.3 Å². The summed E-state index contributed by atoms with van der Waals surface area (Å²) in [4.78, 5) is 24.1. The first-order valence-electron chi connectivity index (χ1n) is 8.49. The largest absolute Gasteiger partial charge is 0.423 e. The SMILES string of the molecule is Cc1ccc(C(=O)N/N=C/c2ccc(OC(=O)c3ccc(Cl)cc3)cc2)cc1. The Hall–Kier alpha value is -3.44. The normalized spacial score (nSPS) is 10.6. The van der Waals surface area contributed by atoms with Crippen LogP contribution >= 0.6 is 11.6 Å². The van der Waals surface area contributed by atoms with E-state index in [1.165, 1.54) is 6.21 Å². The summed E-state index contributed by atoms with van der Waals surface area (Å²) in [5.41, 5.74) is 5.25. The Balaban J connectivity index is 1.55. The Morgan fingerprint density at radius 2 is 1.50 bits per heavy atom. The van der Waals surface area contributed by atoms with Crippen molar-refractivity contribution in [2.75, 3.05) is 0 Å². The molecule has 3 aromatic rings. The third-order valence-electron chi connectivity index (χ3n) is 3.86. The minimum Gasteiger partial charge on any atom is -0.423 e. The number of nitrogens with one attached hydrogen (secondary N) is 1. The van der Waals surface area contributed by atoms with Crippen LogP contribution in [0.2, 0.25) is 5.02 Å². The van der Waals surface area contributed by atoms with E-state index in [9.17, 15) is 9.59 Å². The molecule has 1 N–H and O–H groups in total. The fourth-order valence-corrected chi connectivity index (χ4v) is 2.43. The summed E-state index contributed by atoms with van der Waals surface area (Å²) in [6.45, 7) is 1.95. The maximum Gasteiger partial charge on any atom is 0.343 e. The van der Waals surface area contributed by atoms with Crippen molar-refractivity contribution in [3.8, 4) is 5.75 Å². The molecule has 0 aliphatic heterocycles. The predicted octanol–water partition coefficient (Wildman–Crippen LogP) is 4.63. The van der Waals surface area contributed by atoms with Gasteiger partial charge in [0.05, 0.1) is 11.8 Å². The zero-order valence-corrected chi connectivity index (χ0v) is 15.8. The van der Waals surface area contributed by atoms with Crippen LogP contribution in [0.15, 0.2) is 77.9 Å². The summed E-state index contributed by atoms with van der Waals surface area (Å²) in [6.07, 6.45) is 1.51. The van der Waals surface area contributed by atoms with Gasteiger partial charge in [-0.15, -0.1) is 0 Å². The van der Waals surface area contributed by atoms with Gasteiger partial charge in [-0.3, -0.25) is 4.79 Å². The highest BCUT2D eigenvalue weighted by Gasteiger charge is 2.08. The Morgan fingerprint density at radius 1 is 0.893 bits per heavy atom. The van der Waals surface area contributed by atoms with Crippen molar-refractivity contribution in [2.45, 2.75) is 6.92 Å². The molecule has 0 heterocycles. The van der Waals surface area contributed by atoms with Crippen LogP contribution in [0.4, 0.5) is 0 Å². The lowest BCUT2D eigenvalue weighted by Gasteiger charge is -2.05.